The Morgan fingerprint density at radius 1 is 1.23 bits per heavy atom. The zero-order valence-electron chi connectivity index (χ0n) is 16.5. The third-order valence-corrected chi connectivity index (χ3v) is 5.53. The Morgan fingerprint density at radius 3 is 2.70 bits per heavy atom. The number of aromatic amines is 1. The predicted molar refractivity (Wildman–Crippen MR) is 116 cm³/mol. The highest BCUT2D eigenvalue weighted by Crippen LogP contribution is 2.26. The van der Waals surface area contributed by atoms with Crippen LogP contribution in [0.15, 0.2) is 48.0 Å². The van der Waals surface area contributed by atoms with Crippen LogP contribution in [0.4, 0.5) is 5.13 Å². The lowest BCUT2D eigenvalue weighted by atomic mass is 10.1. The average molecular weight is 420 g/mol. The van der Waals surface area contributed by atoms with E-state index in [1.165, 1.54) is 11.3 Å². The number of benzene rings is 1. The van der Waals surface area contributed by atoms with Crippen LogP contribution in [-0.4, -0.2) is 31.6 Å². The van der Waals surface area contributed by atoms with Crippen LogP contribution in [0.5, 0.6) is 0 Å². The third kappa shape index (κ3) is 3.87. The Morgan fingerprint density at radius 2 is 2.00 bits per heavy atom. The SMILES string of the molecule is Cc1nn(-c2ccccc2)c(C)c1CC(=O)Nc1nc(-c2c[nH]c(C(N)=O)c2)cs1. The van der Waals surface area contributed by atoms with Crippen LogP contribution >= 0.6 is 11.3 Å². The van der Waals surface area contributed by atoms with Crippen molar-refractivity contribution in [2.75, 3.05) is 5.32 Å². The van der Waals surface area contributed by atoms with Crippen molar-refractivity contribution in [1.29, 1.82) is 0 Å². The van der Waals surface area contributed by atoms with Crippen LogP contribution in [-0.2, 0) is 11.2 Å². The molecule has 152 valence electrons. The Bertz CT molecular complexity index is 1220. The maximum atomic E-state index is 12.6. The number of hydrogen-bond acceptors (Lipinski definition) is 5. The largest absolute Gasteiger partial charge is 0.364 e. The van der Waals surface area contributed by atoms with Gasteiger partial charge in [-0.15, -0.1) is 11.3 Å². The number of nitrogens with two attached hydrogens (primary N) is 1. The average Bonchev–Trinajstić information content (AvgIpc) is 3.44. The number of nitrogens with one attached hydrogen (secondary N) is 2. The summed E-state index contributed by atoms with van der Waals surface area (Å²) in [6, 6.07) is 11.4. The molecule has 8 nitrogen and oxygen atoms in total. The van der Waals surface area contributed by atoms with Gasteiger partial charge in [-0.05, 0) is 32.0 Å². The number of primary amides is 1. The van der Waals surface area contributed by atoms with Gasteiger partial charge >= 0.3 is 0 Å². The first kappa shape index (κ1) is 19.6. The molecule has 1 aromatic carbocycles. The first-order valence-corrected chi connectivity index (χ1v) is 10.1. The number of carbonyl (C=O) groups is 2. The molecule has 0 saturated heterocycles. The molecule has 4 aromatic rings. The van der Waals surface area contributed by atoms with Crippen molar-refractivity contribution in [2.45, 2.75) is 20.3 Å². The van der Waals surface area contributed by atoms with E-state index < -0.39 is 5.91 Å². The predicted octanol–water partition coefficient (Wildman–Crippen LogP) is 3.22. The number of anilines is 1. The van der Waals surface area contributed by atoms with Crippen LogP contribution < -0.4 is 11.1 Å². The second-order valence-corrected chi connectivity index (χ2v) is 7.68. The summed E-state index contributed by atoms with van der Waals surface area (Å²) in [6.07, 6.45) is 1.86. The minimum atomic E-state index is -0.535. The Kier molecular flexibility index (Phi) is 5.20. The van der Waals surface area contributed by atoms with Gasteiger partial charge in [-0.25, -0.2) is 9.67 Å². The molecule has 0 atom stereocenters. The van der Waals surface area contributed by atoms with Crippen LogP contribution in [0.2, 0.25) is 0 Å². The molecular weight excluding hydrogens is 400 g/mol. The molecule has 30 heavy (non-hydrogen) atoms. The fourth-order valence-electron chi connectivity index (χ4n) is 3.22. The van der Waals surface area contributed by atoms with Crippen LogP contribution in [0.25, 0.3) is 16.9 Å². The van der Waals surface area contributed by atoms with E-state index in [0.717, 1.165) is 28.2 Å². The van der Waals surface area contributed by atoms with Crippen molar-refractivity contribution >= 4 is 28.3 Å². The van der Waals surface area contributed by atoms with Crippen molar-refractivity contribution < 1.29 is 9.59 Å². The van der Waals surface area contributed by atoms with E-state index in [1.54, 1.807) is 12.3 Å². The molecule has 0 unspecified atom stereocenters. The summed E-state index contributed by atoms with van der Waals surface area (Å²) >= 11 is 1.32. The van der Waals surface area contributed by atoms with E-state index in [1.807, 2.05) is 54.2 Å². The number of hydrogen-bond donors (Lipinski definition) is 3. The molecule has 4 N–H and O–H groups in total. The summed E-state index contributed by atoms with van der Waals surface area (Å²) in [5, 5.41) is 9.73. The maximum absolute atomic E-state index is 12.6. The van der Waals surface area contributed by atoms with E-state index in [2.05, 4.69) is 20.4 Å². The number of aryl methyl sites for hydroxylation is 1. The first-order valence-electron chi connectivity index (χ1n) is 9.27. The zero-order valence-corrected chi connectivity index (χ0v) is 17.3. The van der Waals surface area contributed by atoms with Crippen molar-refractivity contribution in [3.63, 3.8) is 0 Å². The number of carbonyl (C=O) groups excluding carboxylic acids is 2. The van der Waals surface area contributed by atoms with E-state index in [-0.39, 0.29) is 12.3 Å². The molecule has 0 spiro atoms. The molecule has 0 fully saturated rings. The van der Waals surface area contributed by atoms with Crippen LogP contribution in [0, 0.1) is 13.8 Å². The molecule has 0 radical (unpaired) electrons. The zero-order chi connectivity index (χ0) is 21.3. The number of thiazole rings is 1. The molecular formula is C21H20N6O2S. The summed E-state index contributed by atoms with van der Waals surface area (Å²) in [5.74, 6) is -0.701. The molecule has 0 bridgehead atoms. The lowest BCUT2D eigenvalue weighted by Gasteiger charge is -2.05. The normalized spacial score (nSPS) is 10.9. The van der Waals surface area contributed by atoms with Crippen molar-refractivity contribution in [3.8, 4) is 16.9 Å². The van der Waals surface area contributed by atoms with Crippen molar-refractivity contribution in [1.82, 2.24) is 19.7 Å². The molecule has 3 aromatic heterocycles. The molecule has 0 aliphatic carbocycles. The summed E-state index contributed by atoms with van der Waals surface area (Å²) in [7, 11) is 0. The van der Waals surface area contributed by atoms with E-state index in [0.29, 0.717) is 16.5 Å². The Balaban J connectivity index is 1.47. The highest BCUT2D eigenvalue weighted by atomic mass is 32.1. The second kappa shape index (κ2) is 7.96. The summed E-state index contributed by atoms with van der Waals surface area (Å²) in [5.41, 5.74) is 10.6. The molecule has 9 heteroatoms. The number of para-hydroxylation sites is 1. The van der Waals surface area contributed by atoms with Crippen LogP contribution in [0.1, 0.15) is 27.4 Å². The second-order valence-electron chi connectivity index (χ2n) is 6.83. The van der Waals surface area contributed by atoms with Gasteiger partial charge in [0.1, 0.15) is 5.69 Å². The maximum Gasteiger partial charge on any atom is 0.265 e. The standard InChI is InChI=1S/C21H20N6O2S/c1-12-16(13(2)27(26-12)15-6-4-3-5-7-15)9-19(28)25-21-24-18(11-30-21)14-8-17(20(22)29)23-10-14/h3-8,10-11,23H,9H2,1-2H3,(H2,22,29)(H,24,25,28). The van der Waals surface area contributed by atoms with Crippen molar-refractivity contribution in [3.05, 3.63) is 70.6 Å². The smallest absolute Gasteiger partial charge is 0.265 e. The quantitative estimate of drug-likeness (QED) is 0.444. The minimum absolute atomic E-state index is 0.165. The lowest BCUT2D eigenvalue weighted by Crippen LogP contribution is -2.15. The van der Waals surface area contributed by atoms with Gasteiger partial charge in [0.2, 0.25) is 5.91 Å². The number of aromatic nitrogens is 4. The van der Waals surface area contributed by atoms with Crippen molar-refractivity contribution in [2.24, 2.45) is 5.73 Å². The number of nitrogens with zero attached hydrogens (tertiary/aromatic N) is 3. The fourth-order valence-corrected chi connectivity index (χ4v) is 3.96. The number of rotatable bonds is 6. The van der Waals surface area contributed by atoms with E-state index in [9.17, 15) is 9.59 Å². The third-order valence-electron chi connectivity index (χ3n) is 4.77. The molecule has 0 aliphatic rings. The van der Waals surface area contributed by atoms with Gasteiger partial charge in [-0.3, -0.25) is 9.59 Å². The van der Waals surface area contributed by atoms with Gasteiger partial charge in [-0.2, -0.15) is 5.10 Å². The highest BCUT2D eigenvalue weighted by Gasteiger charge is 2.17. The number of amides is 2. The molecule has 0 aliphatic heterocycles. The summed E-state index contributed by atoms with van der Waals surface area (Å²) in [6.45, 7) is 3.86. The fraction of sp³-hybridized carbons (Fsp3) is 0.143. The van der Waals surface area contributed by atoms with Crippen LogP contribution in [0.3, 0.4) is 0 Å². The van der Waals surface area contributed by atoms with E-state index >= 15 is 0 Å². The van der Waals surface area contributed by atoms with Gasteiger partial charge in [-0.1, -0.05) is 18.2 Å². The minimum Gasteiger partial charge on any atom is -0.364 e. The van der Waals surface area contributed by atoms with Gasteiger partial charge < -0.3 is 16.0 Å². The molecule has 4 rings (SSSR count). The molecule has 0 saturated carbocycles. The lowest BCUT2D eigenvalue weighted by molar-refractivity contribution is -0.115. The topological polar surface area (TPSA) is 119 Å². The Hall–Kier alpha value is -3.72. The van der Waals surface area contributed by atoms with Gasteiger partial charge in [0.25, 0.3) is 5.91 Å². The van der Waals surface area contributed by atoms with E-state index in [4.69, 9.17) is 5.73 Å². The van der Waals surface area contributed by atoms with Gasteiger partial charge in [0.15, 0.2) is 5.13 Å². The monoisotopic (exact) mass is 420 g/mol. The summed E-state index contributed by atoms with van der Waals surface area (Å²) < 4.78 is 1.85. The summed E-state index contributed by atoms with van der Waals surface area (Å²) in [4.78, 5) is 31.1. The molecule has 2 amide bonds. The highest BCUT2D eigenvalue weighted by molar-refractivity contribution is 7.14. The Labute approximate surface area is 176 Å². The number of H-pyrrole nitrogens is 1. The van der Waals surface area contributed by atoms with Gasteiger partial charge in [0, 0.05) is 28.4 Å². The molecule has 3 heterocycles. The first-order chi connectivity index (χ1) is 14.4. The van der Waals surface area contributed by atoms with Gasteiger partial charge in [0.05, 0.1) is 23.5 Å².